The van der Waals surface area contributed by atoms with Gasteiger partial charge in [0.2, 0.25) is 17.6 Å². The predicted octanol–water partition coefficient (Wildman–Crippen LogP) is 4.53. The van der Waals surface area contributed by atoms with Crippen LogP contribution in [0.3, 0.4) is 0 Å². The zero-order chi connectivity index (χ0) is 24.2. The van der Waals surface area contributed by atoms with E-state index in [0.29, 0.717) is 43.5 Å². The van der Waals surface area contributed by atoms with Gasteiger partial charge >= 0.3 is 6.03 Å². The molecule has 2 fully saturated rings. The average Bonchev–Trinajstić information content (AvgIpc) is 3.40. The Morgan fingerprint density at radius 3 is 2.60 bits per heavy atom. The van der Waals surface area contributed by atoms with Crippen molar-refractivity contribution in [2.75, 3.05) is 31.5 Å². The van der Waals surface area contributed by atoms with E-state index >= 15 is 0 Å². The first-order chi connectivity index (χ1) is 17.1. The van der Waals surface area contributed by atoms with Crippen LogP contribution in [0.15, 0.2) is 59.1 Å². The van der Waals surface area contributed by atoms with Gasteiger partial charge < -0.3 is 19.6 Å². The summed E-state index contributed by atoms with van der Waals surface area (Å²) in [7, 11) is 0. The number of anilines is 1. The van der Waals surface area contributed by atoms with E-state index in [-0.39, 0.29) is 29.6 Å². The molecule has 0 bridgehead atoms. The van der Waals surface area contributed by atoms with E-state index in [2.05, 4.69) is 15.5 Å². The third-order valence-electron chi connectivity index (χ3n) is 6.69. The molecule has 8 nitrogen and oxygen atoms in total. The Balaban J connectivity index is 1.21. The maximum atomic E-state index is 13.6. The minimum Gasteiger partial charge on any atom is -0.342 e. The SMILES string of the molecule is O=C(Nc1ccccc1)N1CCCC(C(=O)N2CCCC(c3nc(-c4cccc(F)c4)no3)C2)C1. The lowest BCUT2D eigenvalue weighted by Gasteiger charge is -2.37. The molecule has 1 aromatic heterocycles. The van der Waals surface area contributed by atoms with Crippen LogP contribution < -0.4 is 5.32 Å². The van der Waals surface area contributed by atoms with Crippen molar-refractivity contribution in [1.82, 2.24) is 19.9 Å². The first-order valence-corrected chi connectivity index (χ1v) is 12.1. The van der Waals surface area contributed by atoms with Crippen molar-refractivity contribution in [3.05, 3.63) is 66.3 Å². The van der Waals surface area contributed by atoms with Crippen molar-refractivity contribution < 1.29 is 18.5 Å². The summed E-state index contributed by atoms with van der Waals surface area (Å²) in [5.41, 5.74) is 1.29. The molecule has 2 unspecified atom stereocenters. The molecule has 0 radical (unpaired) electrons. The summed E-state index contributed by atoms with van der Waals surface area (Å²) in [5.74, 6) is 0.224. The highest BCUT2D eigenvalue weighted by atomic mass is 19.1. The van der Waals surface area contributed by atoms with Crippen molar-refractivity contribution >= 4 is 17.6 Å². The summed E-state index contributed by atoms with van der Waals surface area (Å²) in [6.45, 7) is 2.21. The minimum absolute atomic E-state index is 0.0661. The number of halogens is 1. The van der Waals surface area contributed by atoms with Crippen LogP contribution >= 0.6 is 0 Å². The molecule has 0 aliphatic carbocycles. The van der Waals surface area contributed by atoms with Crippen LogP contribution in [-0.2, 0) is 4.79 Å². The normalized spacial score (nSPS) is 20.5. The fourth-order valence-corrected chi connectivity index (χ4v) is 4.87. The molecule has 3 amide bonds. The predicted molar refractivity (Wildman–Crippen MR) is 128 cm³/mol. The Kier molecular flexibility index (Phi) is 6.74. The van der Waals surface area contributed by atoms with Gasteiger partial charge in [0.1, 0.15) is 5.82 Å². The third kappa shape index (κ3) is 5.34. The van der Waals surface area contributed by atoms with Crippen molar-refractivity contribution in [3.63, 3.8) is 0 Å². The maximum absolute atomic E-state index is 13.6. The highest BCUT2D eigenvalue weighted by molar-refractivity contribution is 5.90. The van der Waals surface area contributed by atoms with Crippen molar-refractivity contribution in [2.24, 2.45) is 5.92 Å². The number of aromatic nitrogens is 2. The Morgan fingerprint density at radius 2 is 1.77 bits per heavy atom. The molecule has 2 aromatic carbocycles. The molecule has 2 aliphatic heterocycles. The van der Waals surface area contributed by atoms with E-state index in [1.807, 2.05) is 35.2 Å². The summed E-state index contributed by atoms with van der Waals surface area (Å²) in [5, 5.41) is 6.93. The fourth-order valence-electron chi connectivity index (χ4n) is 4.87. The maximum Gasteiger partial charge on any atom is 0.321 e. The number of carbonyl (C=O) groups is 2. The van der Waals surface area contributed by atoms with Gasteiger partial charge in [0.15, 0.2) is 0 Å². The van der Waals surface area contributed by atoms with Gasteiger partial charge in [-0.05, 0) is 49.9 Å². The number of para-hydroxylation sites is 1. The van der Waals surface area contributed by atoms with E-state index in [1.165, 1.54) is 12.1 Å². The highest BCUT2D eigenvalue weighted by Crippen LogP contribution is 2.30. The summed E-state index contributed by atoms with van der Waals surface area (Å²) in [6, 6.07) is 15.2. The summed E-state index contributed by atoms with van der Waals surface area (Å²) in [4.78, 5) is 34.2. The Hall–Kier alpha value is -3.75. The third-order valence-corrected chi connectivity index (χ3v) is 6.69. The van der Waals surface area contributed by atoms with Gasteiger partial charge in [0.25, 0.3) is 0 Å². The van der Waals surface area contributed by atoms with Crippen molar-refractivity contribution in [3.8, 4) is 11.4 Å². The number of carbonyl (C=O) groups excluding carboxylic acids is 2. The smallest absolute Gasteiger partial charge is 0.321 e. The lowest BCUT2D eigenvalue weighted by molar-refractivity contribution is -0.138. The number of rotatable bonds is 4. The van der Waals surface area contributed by atoms with Crippen molar-refractivity contribution in [2.45, 2.75) is 31.6 Å². The standard InChI is InChI=1S/C26H28FN5O3/c27-21-10-4-7-18(15-21)23-29-24(35-30-23)19-8-5-13-31(16-19)25(33)20-9-6-14-32(17-20)26(34)28-22-11-2-1-3-12-22/h1-4,7,10-12,15,19-20H,5-6,8-9,13-14,16-17H2,(H,28,34). The number of likely N-dealkylation sites (tertiary alicyclic amines) is 2. The van der Waals surface area contributed by atoms with E-state index in [1.54, 1.807) is 17.0 Å². The second kappa shape index (κ2) is 10.2. The molecule has 9 heteroatoms. The second-order valence-electron chi connectivity index (χ2n) is 9.17. The molecule has 5 rings (SSSR count). The number of hydrogen-bond acceptors (Lipinski definition) is 5. The summed E-state index contributed by atoms with van der Waals surface area (Å²) >= 11 is 0. The second-order valence-corrected chi connectivity index (χ2v) is 9.17. The molecule has 2 saturated heterocycles. The summed E-state index contributed by atoms with van der Waals surface area (Å²) < 4.78 is 19.1. The van der Waals surface area contributed by atoms with E-state index < -0.39 is 0 Å². The molecule has 35 heavy (non-hydrogen) atoms. The van der Waals surface area contributed by atoms with Gasteiger partial charge in [-0.2, -0.15) is 4.98 Å². The summed E-state index contributed by atoms with van der Waals surface area (Å²) in [6.07, 6.45) is 3.22. The van der Waals surface area contributed by atoms with Crippen LogP contribution in [-0.4, -0.2) is 58.1 Å². The molecule has 2 atom stereocenters. The number of benzene rings is 2. The average molecular weight is 478 g/mol. The van der Waals surface area contributed by atoms with E-state index in [4.69, 9.17) is 4.52 Å². The number of amides is 3. The molecule has 182 valence electrons. The van der Waals surface area contributed by atoms with Gasteiger partial charge in [0.05, 0.1) is 11.8 Å². The highest BCUT2D eigenvalue weighted by Gasteiger charge is 2.35. The van der Waals surface area contributed by atoms with Crippen LogP contribution in [0.5, 0.6) is 0 Å². The molecule has 0 spiro atoms. The first kappa shape index (κ1) is 23.0. The largest absolute Gasteiger partial charge is 0.342 e. The Labute approximate surface area is 203 Å². The zero-order valence-electron chi connectivity index (χ0n) is 19.4. The molecular formula is C26H28FN5O3. The molecular weight excluding hydrogens is 449 g/mol. The zero-order valence-corrected chi connectivity index (χ0v) is 19.4. The minimum atomic E-state index is -0.359. The number of nitrogens with one attached hydrogen (secondary N) is 1. The lowest BCUT2D eigenvalue weighted by Crippen LogP contribution is -2.49. The number of hydrogen-bond donors (Lipinski definition) is 1. The Bertz CT molecular complexity index is 1180. The van der Waals surface area contributed by atoms with Gasteiger partial charge in [-0.1, -0.05) is 35.5 Å². The van der Waals surface area contributed by atoms with Gasteiger partial charge in [-0.15, -0.1) is 0 Å². The monoisotopic (exact) mass is 477 g/mol. The van der Waals surface area contributed by atoms with E-state index in [9.17, 15) is 14.0 Å². The topological polar surface area (TPSA) is 91.6 Å². The molecule has 0 saturated carbocycles. The number of nitrogens with zero attached hydrogens (tertiary/aromatic N) is 4. The van der Waals surface area contributed by atoms with Crippen LogP contribution in [0.4, 0.5) is 14.9 Å². The van der Waals surface area contributed by atoms with Crippen molar-refractivity contribution in [1.29, 1.82) is 0 Å². The van der Waals surface area contributed by atoms with Crippen LogP contribution in [0, 0.1) is 11.7 Å². The molecule has 3 heterocycles. The Morgan fingerprint density at radius 1 is 0.971 bits per heavy atom. The van der Waals surface area contributed by atoms with Gasteiger partial charge in [-0.3, -0.25) is 4.79 Å². The molecule has 2 aliphatic rings. The molecule has 1 N–H and O–H groups in total. The number of piperidine rings is 2. The lowest BCUT2D eigenvalue weighted by atomic mass is 9.93. The van der Waals surface area contributed by atoms with Gasteiger partial charge in [0, 0.05) is 37.4 Å². The van der Waals surface area contributed by atoms with Crippen LogP contribution in [0.2, 0.25) is 0 Å². The molecule has 3 aromatic rings. The quantitative estimate of drug-likeness (QED) is 0.596. The fraction of sp³-hybridized carbons (Fsp3) is 0.385. The van der Waals surface area contributed by atoms with Crippen LogP contribution in [0.25, 0.3) is 11.4 Å². The first-order valence-electron chi connectivity index (χ1n) is 12.1. The number of urea groups is 1. The van der Waals surface area contributed by atoms with Crippen LogP contribution in [0.1, 0.15) is 37.5 Å². The van der Waals surface area contributed by atoms with E-state index in [0.717, 1.165) is 31.4 Å². The van der Waals surface area contributed by atoms with Gasteiger partial charge in [-0.25, -0.2) is 9.18 Å².